The molecule has 11 heteroatoms. The van der Waals surface area contributed by atoms with Crippen molar-refractivity contribution in [3.05, 3.63) is 59.3 Å². The summed E-state index contributed by atoms with van der Waals surface area (Å²) in [4.78, 5) is 14.5. The van der Waals surface area contributed by atoms with E-state index >= 15 is 0 Å². The minimum absolute atomic E-state index is 0.324. The number of amides is 1. The van der Waals surface area contributed by atoms with Gasteiger partial charge in [-0.1, -0.05) is 0 Å². The van der Waals surface area contributed by atoms with Gasteiger partial charge in [-0.05, 0) is 42.0 Å². The van der Waals surface area contributed by atoms with Crippen molar-refractivity contribution in [2.75, 3.05) is 7.11 Å². The average Bonchev–Trinajstić information content (AvgIpc) is 3.08. The minimum atomic E-state index is -4.93. The molecular formula is C19H14F3N3O4S. The number of aromatic amines is 1. The summed E-state index contributed by atoms with van der Waals surface area (Å²) in [7, 11) is -3.11. The van der Waals surface area contributed by atoms with Gasteiger partial charge in [0.15, 0.2) is 0 Å². The van der Waals surface area contributed by atoms with Crippen molar-refractivity contribution in [3.63, 3.8) is 0 Å². The third-order valence-corrected chi connectivity index (χ3v) is 5.67. The topological polar surface area (TPSA) is 112 Å². The summed E-state index contributed by atoms with van der Waals surface area (Å²) in [5.74, 6) is -0.398. The first kappa shape index (κ1) is 21.2. The highest BCUT2D eigenvalue weighted by atomic mass is 32.2. The van der Waals surface area contributed by atoms with E-state index in [4.69, 9.17) is 10.00 Å². The molecule has 1 aromatic heterocycles. The first-order valence-corrected chi connectivity index (χ1v) is 9.84. The number of methoxy groups -OCH3 is 1. The number of aromatic nitrogens is 1. The van der Waals surface area contributed by atoms with Crippen LogP contribution in [0.4, 0.5) is 13.2 Å². The molecule has 0 saturated carbocycles. The molecule has 0 atom stereocenters. The fourth-order valence-electron chi connectivity index (χ4n) is 2.87. The summed E-state index contributed by atoms with van der Waals surface area (Å²) in [5.41, 5.74) is -0.944. The minimum Gasteiger partial charge on any atom is -0.497 e. The van der Waals surface area contributed by atoms with E-state index in [1.807, 2.05) is 0 Å². The number of nitrogens with zero attached hydrogens (tertiary/aromatic N) is 1. The normalized spacial score (nSPS) is 11.8. The Kier molecular flexibility index (Phi) is 5.45. The van der Waals surface area contributed by atoms with Crippen molar-refractivity contribution in [3.8, 4) is 11.8 Å². The van der Waals surface area contributed by atoms with Gasteiger partial charge < -0.3 is 9.72 Å². The van der Waals surface area contributed by atoms with E-state index in [0.717, 1.165) is 12.1 Å². The molecule has 3 aromatic rings. The summed E-state index contributed by atoms with van der Waals surface area (Å²) in [6, 6.07) is 8.36. The molecule has 0 spiro atoms. The highest BCUT2D eigenvalue weighted by molar-refractivity contribution is 7.90. The molecule has 0 aliphatic heterocycles. The van der Waals surface area contributed by atoms with Gasteiger partial charge in [-0.2, -0.15) is 18.4 Å². The second-order valence-electron chi connectivity index (χ2n) is 6.25. The molecule has 0 aliphatic rings. The Morgan fingerprint density at radius 3 is 2.60 bits per heavy atom. The number of sulfonamides is 1. The Morgan fingerprint density at radius 2 is 1.97 bits per heavy atom. The highest BCUT2D eigenvalue weighted by Crippen LogP contribution is 2.33. The molecule has 156 valence electrons. The van der Waals surface area contributed by atoms with Gasteiger partial charge in [0.25, 0.3) is 10.0 Å². The van der Waals surface area contributed by atoms with Gasteiger partial charge in [-0.15, -0.1) is 0 Å². The van der Waals surface area contributed by atoms with Crippen LogP contribution in [0, 0.1) is 11.3 Å². The summed E-state index contributed by atoms with van der Waals surface area (Å²) in [6.45, 7) is 0. The van der Waals surface area contributed by atoms with Crippen LogP contribution in [0.25, 0.3) is 10.9 Å². The molecule has 0 fully saturated rings. The highest BCUT2D eigenvalue weighted by Gasteiger charge is 2.35. The number of nitrogens with one attached hydrogen (secondary N) is 2. The van der Waals surface area contributed by atoms with Gasteiger partial charge in [0.1, 0.15) is 5.75 Å². The maximum absolute atomic E-state index is 13.1. The molecule has 0 unspecified atom stereocenters. The van der Waals surface area contributed by atoms with Crippen LogP contribution >= 0.6 is 0 Å². The lowest BCUT2D eigenvalue weighted by atomic mass is 10.1. The molecule has 3 rings (SSSR count). The van der Waals surface area contributed by atoms with Gasteiger partial charge in [0.2, 0.25) is 5.91 Å². The summed E-state index contributed by atoms with van der Waals surface area (Å²) in [5, 5.41) is 9.45. The second-order valence-corrected chi connectivity index (χ2v) is 7.93. The molecule has 2 aromatic carbocycles. The molecule has 1 heterocycles. The van der Waals surface area contributed by atoms with E-state index < -0.39 is 38.1 Å². The molecular weight excluding hydrogens is 423 g/mol. The number of ether oxygens (including phenoxy) is 1. The standard InChI is InChI=1S/C19H14F3N3O4S/c1-29-13-3-5-17-15(7-13)12(10-24-17)6-18(26)25-30(27,28)14-4-2-11(9-23)16(8-14)19(20,21)22/h2-5,7-8,10,24H,6H2,1H3,(H,25,26). The van der Waals surface area contributed by atoms with Crippen LogP contribution < -0.4 is 9.46 Å². The van der Waals surface area contributed by atoms with Crippen molar-refractivity contribution >= 4 is 26.8 Å². The van der Waals surface area contributed by atoms with E-state index in [0.29, 0.717) is 28.3 Å². The van der Waals surface area contributed by atoms with E-state index in [2.05, 4.69) is 4.98 Å². The SMILES string of the molecule is COc1ccc2[nH]cc(CC(=O)NS(=O)(=O)c3ccc(C#N)c(C(F)(F)F)c3)c2c1. The quantitative estimate of drug-likeness (QED) is 0.637. The Bertz CT molecular complexity index is 1270. The number of rotatable bonds is 5. The molecule has 1 amide bonds. The van der Waals surface area contributed by atoms with E-state index in [9.17, 15) is 26.4 Å². The number of nitriles is 1. The lowest BCUT2D eigenvalue weighted by Gasteiger charge is -2.12. The molecule has 0 radical (unpaired) electrons. The molecule has 0 saturated heterocycles. The van der Waals surface area contributed by atoms with Crippen LogP contribution in [0.3, 0.4) is 0 Å². The van der Waals surface area contributed by atoms with E-state index in [-0.39, 0.29) is 6.42 Å². The number of alkyl halides is 3. The zero-order valence-corrected chi connectivity index (χ0v) is 16.2. The zero-order valence-electron chi connectivity index (χ0n) is 15.4. The van der Waals surface area contributed by atoms with Gasteiger partial charge in [0, 0.05) is 17.1 Å². The van der Waals surface area contributed by atoms with E-state index in [1.165, 1.54) is 19.4 Å². The molecule has 30 heavy (non-hydrogen) atoms. The number of carbonyl (C=O) groups is 1. The number of hydrogen-bond acceptors (Lipinski definition) is 5. The zero-order chi connectivity index (χ0) is 22.1. The van der Waals surface area contributed by atoms with Crippen molar-refractivity contribution in [2.45, 2.75) is 17.5 Å². The van der Waals surface area contributed by atoms with Crippen LogP contribution in [0.1, 0.15) is 16.7 Å². The Balaban J connectivity index is 1.86. The molecule has 7 nitrogen and oxygen atoms in total. The number of hydrogen-bond donors (Lipinski definition) is 2. The Morgan fingerprint density at radius 1 is 1.23 bits per heavy atom. The number of carbonyl (C=O) groups excluding carboxylic acids is 1. The first-order valence-electron chi connectivity index (χ1n) is 8.36. The third kappa shape index (κ3) is 4.23. The summed E-state index contributed by atoms with van der Waals surface area (Å²) in [6.07, 6.45) is -3.74. The Hall–Kier alpha value is -3.52. The lowest BCUT2D eigenvalue weighted by molar-refractivity contribution is -0.137. The van der Waals surface area contributed by atoms with Crippen LogP contribution in [0.15, 0.2) is 47.5 Å². The predicted molar refractivity (Wildman–Crippen MR) is 100 cm³/mol. The van der Waals surface area contributed by atoms with Gasteiger partial charge in [-0.3, -0.25) is 4.79 Å². The van der Waals surface area contributed by atoms with Gasteiger partial charge in [-0.25, -0.2) is 13.1 Å². The largest absolute Gasteiger partial charge is 0.497 e. The van der Waals surface area contributed by atoms with Crippen LogP contribution in [0.2, 0.25) is 0 Å². The van der Waals surface area contributed by atoms with Crippen molar-refractivity contribution in [1.82, 2.24) is 9.71 Å². The van der Waals surface area contributed by atoms with Crippen LogP contribution in [-0.2, 0) is 27.4 Å². The lowest BCUT2D eigenvalue weighted by Crippen LogP contribution is -2.32. The maximum atomic E-state index is 13.1. The van der Waals surface area contributed by atoms with Crippen molar-refractivity contribution in [2.24, 2.45) is 0 Å². The summed E-state index contributed by atoms with van der Waals surface area (Å²) >= 11 is 0. The molecule has 0 bridgehead atoms. The number of benzene rings is 2. The second kappa shape index (κ2) is 7.72. The smallest absolute Gasteiger partial charge is 0.417 e. The van der Waals surface area contributed by atoms with Gasteiger partial charge >= 0.3 is 6.18 Å². The fourth-order valence-corrected chi connectivity index (χ4v) is 3.88. The fraction of sp³-hybridized carbons (Fsp3) is 0.158. The maximum Gasteiger partial charge on any atom is 0.417 e. The van der Waals surface area contributed by atoms with Crippen molar-refractivity contribution < 1.29 is 31.1 Å². The van der Waals surface area contributed by atoms with Crippen molar-refractivity contribution in [1.29, 1.82) is 5.26 Å². The van der Waals surface area contributed by atoms with Gasteiger partial charge in [0.05, 0.1) is 35.6 Å². The third-order valence-electron chi connectivity index (χ3n) is 4.30. The molecule has 0 aliphatic carbocycles. The number of fused-ring (bicyclic) bond motifs is 1. The number of H-pyrrole nitrogens is 1. The van der Waals surface area contributed by atoms with Crippen LogP contribution in [0.5, 0.6) is 5.75 Å². The van der Waals surface area contributed by atoms with Crippen LogP contribution in [-0.4, -0.2) is 26.4 Å². The monoisotopic (exact) mass is 437 g/mol. The number of halogens is 3. The van der Waals surface area contributed by atoms with E-state index in [1.54, 1.807) is 22.9 Å². The first-order chi connectivity index (χ1) is 14.0. The molecule has 2 N–H and O–H groups in total. The average molecular weight is 437 g/mol. The predicted octanol–water partition coefficient (Wildman–Crippen LogP) is 3.11. The summed E-state index contributed by atoms with van der Waals surface area (Å²) < 4.78 is 70.9. The Labute approximate surface area is 169 Å².